The maximum absolute atomic E-state index is 5.65. The summed E-state index contributed by atoms with van der Waals surface area (Å²) in [6.45, 7) is 3.58. The van der Waals surface area contributed by atoms with Crippen molar-refractivity contribution in [2.45, 2.75) is 6.04 Å². The number of halogens is 1. The number of nitrogens with two attached hydrogens (primary N) is 1. The zero-order valence-electron chi connectivity index (χ0n) is 6.00. The Balaban J connectivity index is 2.89. The molecule has 1 heterocycles. The minimum absolute atomic E-state index is 0.164. The van der Waals surface area contributed by atoms with E-state index in [2.05, 4.69) is 27.5 Å². The Hall–Kier alpha value is -0.670. The summed E-state index contributed by atoms with van der Waals surface area (Å²) >= 11 is 3.29. The first-order chi connectivity index (χ1) is 5.24. The standard InChI is InChI=1S/C8H9BrN2/c1-2-7(10)8-4-3-6(9)5-11-8/h2-5,7H,1,10H2/t7-/m0/s1. The molecule has 1 atom stereocenters. The van der Waals surface area contributed by atoms with Gasteiger partial charge in [0.2, 0.25) is 0 Å². The highest BCUT2D eigenvalue weighted by atomic mass is 79.9. The fourth-order valence-electron chi connectivity index (χ4n) is 0.705. The third kappa shape index (κ3) is 2.13. The van der Waals surface area contributed by atoms with Crippen LogP contribution in [0.2, 0.25) is 0 Å². The molecular formula is C8H9BrN2. The molecule has 0 radical (unpaired) electrons. The second kappa shape index (κ2) is 3.64. The molecule has 1 aromatic heterocycles. The van der Waals surface area contributed by atoms with Crippen molar-refractivity contribution in [2.75, 3.05) is 0 Å². The molecule has 11 heavy (non-hydrogen) atoms. The van der Waals surface area contributed by atoms with E-state index in [1.54, 1.807) is 12.3 Å². The number of pyridine rings is 1. The van der Waals surface area contributed by atoms with Crippen molar-refractivity contribution in [2.24, 2.45) is 5.73 Å². The van der Waals surface area contributed by atoms with Gasteiger partial charge in [0.1, 0.15) is 0 Å². The lowest BCUT2D eigenvalue weighted by molar-refractivity contribution is 0.863. The van der Waals surface area contributed by atoms with E-state index in [-0.39, 0.29) is 6.04 Å². The lowest BCUT2D eigenvalue weighted by atomic mass is 10.2. The van der Waals surface area contributed by atoms with Crippen molar-refractivity contribution >= 4 is 15.9 Å². The van der Waals surface area contributed by atoms with E-state index in [1.165, 1.54) is 0 Å². The monoisotopic (exact) mass is 212 g/mol. The molecule has 0 aliphatic rings. The molecule has 1 rings (SSSR count). The van der Waals surface area contributed by atoms with Crippen LogP contribution in [0.4, 0.5) is 0 Å². The van der Waals surface area contributed by atoms with Gasteiger partial charge in [-0.25, -0.2) is 0 Å². The van der Waals surface area contributed by atoms with E-state index in [1.807, 2.05) is 12.1 Å². The van der Waals surface area contributed by atoms with Crippen molar-refractivity contribution in [3.05, 3.63) is 41.2 Å². The molecule has 0 bridgehead atoms. The van der Waals surface area contributed by atoms with Crippen LogP contribution in [0.15, 0.2) is 35.5 Å². The van der Waals surface area contributed by atoms with Gasteiger partial charge in [0.15, 0.2) is 0 Å². The topological polar surface area (TPSA) is 38.9 Å². The summed E-state index contributed by atoms with van der Waals surface area (Å²) < 4.78 is 0.956. The Morgan fingerprint density at radius 2 is 2.36 bits per heavy atom. The summed E-state index contributed by atoms with van der Waals surface area (Å²) in [6, 6.07) is 3.62. The van der Waals surface area contributed by atoms with Crippen LogP contribution in [0, 0.1) is 0 Å². The predicted octanol–water partition coefficient (Wildman–Crippen LogP) is 2.03. The Morgan fingerprint density at radius 1 is 1.64 bits per heavy atom. The van der Waals surface area contributed by atoms with Gasteiger partial charge in [-0.15, -0.1) is 6.58 Å². The second-order valence-corrected chi connectivity index (χ2v) is 3.08. The van der Waals surface area contributed by atoms with Gasteiger partial charge in [-0.1, -0.05) is 6.08 Å². The Bertz CT molecular complexity index is 243. The van der Waals surface area contributed by atoms with Gasteiger partial charge >= 0.3 is 0 Å². The first kappa shape index (κ1) is 8.43. The minimum atomic E-state index is -0.164. The van der Waals surface area contributed by atoms with E-state index >= 15 is 0 Å². The molecule has 58 valence electrons. The molecule has 0 spiro atoms. The summed E-state index contributed by atoms with van der Waals surface area (Å²) in [6.07, 6.45) is 3.38. The zero-order valence-corrected chi connectivity index (χ0v) is 7.58. The SMILES string of the molecule is C=C[C@H](N)c1ccc(Br)cn1. The molecule has 0 amide bonds. The van der Waals surface area contributed by atoms with Gasteiger partial charge in [-0.3, -0.25) is 4.98 Å². The van der Waals surface area contributed by atoms with Gasteiger partial charge in [-0.05, 0) is 28.1 Å². The smallest absolute Gasteiger partial charge is 0.0653 e. The molecule has 2 nitrogen and oxygen atoms in total. The van der Waals surface area contributed by atoms with Gasteiger partial charge in [0.05, 0.1) is 11.7 Å². The number of hydrogen-bond acceptors (Lipinski definition) is 2. The van der Waals surface area contributed by atoms with Crippen LogP contribution in [0.1, 0.15) is 11.7 Å². The van der Waals surface area contributed by atoms with Crippen LogP contribution in [0.5, 0.6) is 0 Å². The van der Waals surface area contributed by atoms with Crippen molar-refractivity contribution in [1.82, 2.24) is 4.98 Å². The van der Waals surface area contributed by atoms with Crippen LogP contribution in [0.25, 0.3) is 0 Å². The van der Waals surface area contributed by atoms with E-state index in [4.69, 9.17) is 5.73 Å². The molecule has 0 aliphatic carbocycles. The summed E-state index contributed by atoms with van der Waals surface area (Å²) in [5, 5.41) is 0. The van der Waals surface area contributed by atoms with E-state index in [9.17, 15) is 0 Å². The summed E-state index contributed by atoms with van der Waals surface area (Å²) in [5.41, 5.74) is 6.48. The number of hydrogen-bond donors (Lipinski definition) is 1. The fourth-order valence-corrected chi connectivity index (χ4v) is 0.940. The maximum Gasteiger partial charge on any atom is 0.0653 e. The molecule has 0 unspecified atom stereocenters. The number of nitrogens with zero attached hydrogens (tertiary/aromatic N) is 1. The average molecular weight is 213 g/mol. The minimum Gasteiger partial charge on any atom is -0.319 e. The molecule has 0 fully saturated rings. The quantitative estimate of drug-likeness (QED) is 0.763. The van der Waals surface area contributed by atoms with E-state index in [0.29, 0.717) is 0 Å². The van der Waals surface area contributed by atoms with Gasteiger partial charge in [0.25, 0.3) is 0 Å². The van der Waals surface area contributed by atoms with E-state index < -0.39 is 0 Å². The normalized spacial score (nSPS) is 12.5. The highest BCUT2D eigenvalue weighted by molar-refractivity contribution is 9.10. The van der Waals surface area contributed by atoms with Crippen molar-refractivity contribution in [1.29, 1.82) is 0 Å². The Labute approximate surface area is 74.3 Å². The van der Waals surface area contributed by atoms with Crippen LogP contribution in [0.3, 0.4) is 0 Å². The lowest BCUT2D eigenvalue weighted by Crippen LogP contribution is -2.07. The molecular weight excluding hydrogens is 204 g/mol. The Kier molecular flexibility index (Phi) is 2.79. The first-order valence-corrected chi connectivity index (χ1v) is 4.03. The molecule has 2 N–H and O–H groups in total. The molecule has 0 saturated heterocycles. The molecule has 0 saturated carbocycles. The van der Waals surface area contributed by atoms with Gasteiger partial charge in [-0.2, -0.15) is 0 Å². The van der Waals surface area contributed by atoms with Gasteiger partial charge in [0, 0.05) is 10.7 Å². The molecule has 0 aromatic carbocycles. The number of aromatic nitrogens is 1. The fraction of sp³-hybridized carbons (Fsp3) is 0.125. The van der Waals surface area contributed by atoms with Crippen LogP contribution >= 0.6 is 15.9 Å². The average Bonchev–Trinajstić information content (AvgIpc) is 2.05. The highest BCUT2D eigenvalue weighted by Crippen LogP contribution is 2.11. The van der Waals surface area contributed by atoms with E-state index in [0.717, 1.165) is 10.2 Å². The second-order valence-electron chi connectivity index (χ2n) is 2.16. The summed E-state index contributed by atoms with van der Waals surface area (Å²) in [7, 11) is 0. The van der Waals surface area contributed by atoms with Crippen LogP contribution < -0.4 is 5.73 Å². The van der Waals surface area contributed by atoms with Crippen LogP contribution in [-0.4, -0.2) is 4.98 Å². The highest BCUT2D eigenvalue weighted by Gasteiger charge is 2.00. The maximum atomic E-state index is 5.65. The van der Waals surface area contributed by atoms with Crippen molar-refractivity contribution in [3.63, 3.8) is 0 Å². The van der Waals surface area contributed by atoms with Gasteiger partial charge < -0.3 is 5.73 Å². The molecule has 0 aliphatic heterocycles. The lowest BCUT2D eigenvalue weighted by Gasteiger charge is -2.03. The van der Waals surface area contributed by atoms with Crippen molar-refractivity contribution in [3.8, 4) is 0 Å². The molecule has 3 heteroatoms. The Morgan fingerprint density at radius 3 is 2.82 bits per heavy atom. The van der Waals surface area contributed by atoms with Crippen molar-refractivity contribution < 1.29 is 0 Å². The zero-order chi connectivity index (χ0) is 8.27. The van der Waals surface area contributed by atoms with Crippen LogP contribution in [-0.2, 0) is 0 Å². The summed E-state index contributed by atoms with van der Waals surface area (Å²) in [5.74, 6) is 0. The molecule has 1 aromatic rings. The third-order valence-electron chi connectivity index (χ3n) is 1.35. The first-order valence-electron chi connectivity index (χ1n) is 3.23. The number of rotatable bonds is 2. The largest absolute Gasteiger partial charge is 0.319 e. The third-order valence-corrected chi connectivity index (χ3v) is 1.81. The summed E-state index contributed by atoms with van der Waals surface area (Å²) in [4.78, 5) is 4.11. The predicted molar refractivity (Wildman–Crippen MR) is 49.1 cm³/mol.